The maximum absolute atomic E-state index is 12.7. The molecule has 5 N–H and O–H groups in total. The molecule has 0 saturated carbocycles. The van der Waals surface area contributed by atoms with Crippen molar-refractivity contribution in [1.82, 2.24) is 20.3 Å². The molecule has 1 aromatic heterocycles. The van der Waals surface area contributed by atoms with Crippen LogP contribution in [0.15, 0.2) is 76.8 Å². The first-order valence-electron chi connectivity index (χ1n) is 28.3. The van der Waals surface area contributed by atoms with E-state index in [2.05, 4.69) is 57.3 Å². The number of amides is 4. The Morgan fingerprint density at radius 1 is 0.956 bits per heavy atom. The number of nitrogens with zero attached hydrogens (tertiary/aromatic N) is 6. The molecule has 3 heterocycles. The van der Waals surface area contributed by atoms with Crippen LogP contribution in [0.1, 0.15) is 97.8 Å². The number of hydrogen-bond donors (Lipinski definition) is 5. The number of fused-ring (bicyclic) bond motifs is 1. The summed E-state index contributed by atoms with van der Waals surface area (Å²) in [7, 11) is -2.07. The van der Waals surface area contributed by atoms with E-state index in [0.717, 1.165) is 48.3 Å². The van der Waals surface area contributed by atoms with Gasteiger partial charge in [-0.1, -0.05) is 83.7 Å². The van der Waals surface area contributed by atoms with Crippen molar-refractivity contribution in [3.63, 3.8) is 0 Å². The van der Waals surface area contributed by atoms with Crippen molar-refractivity contribution in [1.29, 1.82) is 0 Å². The molecule has 7 rings (SSSR count). The topological polar surface area (TPSA) is 295 Å². The molecule has 3 aliphatic rings. The molecule has 4 amide bonds. The fourth-order valence-electron chi connectivity index (χ4n) is 8.50. The molecule has 2 aliphatic heterocycles. The van der Waals surface area contributed by atoms with Crippen molar-refractivity contribution in [3.05, 3.63) is 104 Å². The van der Waals surface area contributed by atoms with Crippen LogP contribution in [-0.4, -0.2) is 154 Å². The zero-order chi connectivity index (χ0) is 68.2. The zero-order valence-corrected chi connectivity index (χ0v) is 59.0. The number of carbonyl (C=O) groups excluding carboxylic acids is 5. The second kappa shape index (κ2) is 40.0. The van der Waals surface area contributed by atoms with Crippen molar-refractivity contribution in [2.24, 2.45) is 0 Å². The summed E-state index contributed by atoms with van der Waals surface area (Å²) in [5.41, 5.74) is 5.87. The van der Waals surface area contributed by atoms with E-state index in [0.29, 0.717) is 82.0 Å². The molecule has 1 aliphatic carbocycles. The summed E-state index contributed by atoms with van der Waals surface area (Å²) < 4.78 is 25.5. The fourth-order valence-corrected chi connectivity index (χ4v) is 9.73. The van der Waals surface area contributed by atoms with Gasteiger partial charge in [-0.2, -0.15) is 15.0 Å². The lowest BCUT2D eigenvalue weighted by atomic mass is 9.93. The van der Waals surface area contributed by atoms with Crippen molar-refractivity contribution in [2.45, 2.75) is 117 Å². The number of carbonyl (C=O) groups is 6. The van der Waals surface area contributed by atoms with Crippen LogP contribution in [0.3, 0.4) is 0 Å². The Morgan fingerprint density at radius 3 is 2.08 bits per heavy atom. The molecule has 30 heteroatoms. The number of aliphatic carboxylic acids is 1. The normalized spacial score (nSPS) is 15.2. The van der Waals surface area contributed by atoms with Crippen molar-refractivity contribution in [3.8, 4) is 5.75 Å². The number of benzene rings is 3. The van der Waals surface area contributed by atoms with E-state index >= 15 is 0 Å². The molecule has 0 fully saturated rings. The lowest BCUT2D eigenvalue weighted by Gasteiger charge is -2.35. The zero-order valence-electron chi connectivity index (χ0n) is 52.8. The first kappa shape index (κ1) is 80.8. The van der Waals surface area contributed by atoms with Gasteiger partial charge in [0.1, 0.15) is 30.9 Å². The SMILES string of the molecule is CC1COc2ccccc2N1C(=O)C(Cl)Cl.CCNc1nc(Cl)nc(NC(C)(C)C)n1.CCOC(=O)/C(Cl)=C/c1cc(N2C(=O)C3=C(CCCC3)C2=O)ccc1Cl.CCc1cccc(C)c1N(C(=O)CCl)C(C)COC.C[S+](C)C.O=C(O)CNCP(=O)([O-])O. The molecule has 0 spiro atoms. The van der Waals surface area contributed by atoms with E-state index < -0.39 is 37.2 Å². The van der Waals surface area contributed by atoms with Crippen LogP contribution >= 0.6 is 77.2 Å². The number of nitrogens with one attached hydrogen (secondary N) is 3. The van der Waals surface area contributed by atoms with E-state index in [4.69, 9.17) is 93.8 Å². The van der Waals surface area contributed by atoms with Crippen molar-refractivity contribution in [2.75, 3.05) is 96.3 Å². The van der Waals surface area contributed by atoms with Crippen LogP contribution < -0.4 is 40.3 Å². The maximum Gasteiger partial charge on any atom is 0.349 e. The highest BCUT2D eigenvalue weighted by atomic mass is 35.5. The van der Waals surface area contributed by atoms with Gasteiger partial charge in [0.05, 0.1) is 74.0 Å². The number of esters is 1. The molecule has 498 valence electrons. The highest BCUT2D eigenvalue weighted by molar-refractivity contribution is 7.94. The Bertz CT molecular complexity index is 3140. The van der Waals surface area contributed by atoms with Crippen LogP contribution in [0.5, 0.6) is 5.75 Å². The van der Waals surface area contributed by atoms with Gasteiger partial charge >= 0.3 is 11.9 Å². The van der Waals surface area contributed by atoms with Gasteiger partial charge in [0.2, 0.25) is 23.1 Å². The average Bonchev–Trinajstić information content (AvgIpc) is 3.43. The summed E-state index contributed by atoms with van der Waals surface area (Å²) in [6.07, 6.45) is 11.2. The van der Waals surface area contributed by atoms with Gasteiger partial charge in [0.25, 0.3) is 17.7 Å². The average molecular weight is 1410 g/mol. The number of aryl methyl sites for hydroxylation is 2. The molecular formula is C60H82Cl6N9O13PS. The number of para-hydroxylation sites is 3. The van der Waals surface area contributed by atoms with Crippen LogP contribution in [0.2, 0.25) is 10.3 Å². The molecule has 22 nitrogen and oxygen atoms in total. The molecule has 0 radical (unpaired) electrons. The minimum atomic E-state index is -4.35. The van der Waals surface area contributed by atoms with E-state index in [1.165, 1.54) is 11.0 Å². The number of imide groups is 1. The predicted molar refractivity (Wildman–Crippen MR) is 362 cm³/mol. The minimum absolute atomic E-state index is 0.0223. The van der Waals surface area contributed by atoms with Crippen LogP contribution in [0, 0.1) is 6.92 Å². The molecule has 0 saturated heterocycles. The first-order valence-corrected chi connectivity index (χ1v) is 35.0. The summed E-state index contributed by atoms with van der Waals surface area (Å²) in [6, 6.07) is 18.1. The smallest absolute Gasteiger partial charge is 0.349 e. The highest BCUT2D eigenvalue weighted by Crippen LogP contribution is 2.38. The monoisotopic (exact) mass is 1410 g/mol. The standard InChI is InChI=1S/C19H17Cl2NO4.C15H22ClNO2.C11H11Cl2NO2.C9H16ClN5.C3H8NO5P.C3H9S/c1-2-26-19(25)16(21)10-11-9-12(7-8-15(11)20)22-17(23)13-5-3-4-6-14(13)18(22)24;1-5-13-8-6-7-11(2)15(13)17(14(18)9-16)12(3)10-19-4;1-7-6-16-9-5-3-2-4-8(9)14(7)11(15)10(12)13;1-5-11-7-12-6(10)13-8(14-7)15-9(2,3)4;5-3(6)1-4-2-10(7,8)9;1-4(2)3/h7-10H,2-6H2,1H3;6-8,12H,5,9-10H2,1-4H3;2-5,7,10H,6H2,1H3;5H2,1-4H3,(H2,11,12,13,14,15);4H,1-2H2,(H,5,6)(H2,7,8,9);1-3H3/q;;;;;+1/p-1/b16-10-;;;;;. The van der Waals surface area contributed by atoms with Gasteiger partial charge in [-0.3, -0.25) is 29.3 Å². The van der Waals surface area contributed by atoms with Gasteiger partial charge in [-0.05, 0) is 163 Å². The summed E-state index contributed by atoms with van der Waals surface area (Å²) >= 11 is 34.9. The number of carboxylic acids is 1. The largest absolute Gasteiger partial charge is 0.778 e. The Kier molecular flexibility index (Phi) is 35.9. The van der Waals surface area contributed by atoms with Gasteiger partial charge in [-0.25, -0.2) is 9.69 Å². The molecule has 3 aromatic carbocycles. The van der Waals surface area contributed by atoms with Crippen molar-refractivity contribution < 1.29 is 62.4 Å². The molecular weight excluding hydrogens is 1330 g/mol. The minimum Gasteiger partial charge on any atom is -0.778 e. The molecule has 4 aromatic rings. The fraction of sp³-hybridized carbons (Fsp3) is 0.483. The number of alkyl halides is 3. The number of rotatable bonds is 18. The number of halogens is 6. The van der Waals surface area contributed by atoms with Crippen LogP contribution in [-0.2, 0) is 60.1 Å². The summed E-state index contributed by atoms with van der Waals surface area (Å²) in [5.74, 6) is -1.16. The number of methoxy groups -OCH3 is 1. The third kappa shape index (κ3) is 27.5. The Hall–Kier alpha value is -5.27. The summed E-state index contributed by atoms with van der Waals surface area (Å²) in [6.45, 7) is 19.1. The summed E-state index contributed by atoms with van der Waals surface area (Å²) in [4.78, 5) is 104. The number of ether oxygens (including phenoxy) is 3. The second-order valence-electron chi connectivity index (χ2n) is 21.3. The van der Waals surface area contributed by atoms with Gasteiger partial charge in [-0.15, -0.1) is 11.6 Å². The third-order valence-corrected chi connectivity index (χ3v) is 14.0. The predicted octanol–water partition coefficient (Wildman–Crippen LogP) is 10.8. The Balaban J connectivity index is 0.000000389. The summed E-state index contributed by atoms with van der Waals surface area (Å²) in [5, 5.41) is 16.5. The molecule has 90 heavy (non-hydrogen) atoms. The Morgan fingerprint density at radius 2 is 1.56 bits per heavy atom. The van der Waals surface area contributed by atoms with Crippen LogP contribution in [0.25, 0.3) is 6.08 Å². The lowest BCUT2D eigenvalue weighted by Crippen LogP contribution is -2.47. The third-order valence-electron chi connectivity index (χ3n) is 12.0. The van der Waals surface area contributed by atoms with E-state index in [1.807, 2.05) is 90.2 Å². The first-order chi connectivity index (χ1) is 42.2. The number of anilines is 5. The molecule has 0 bridgehead atoms. The number of aromatic nitrogens is 3. The quantitative estimate of drug-likeness (QED) is 0.0154. The van der Waals surface area contributed by atoms with Gasteiger partial charge < -0.3 is 54.1 Å². The number of carboxylic acid groups (broad SMARTS) is 1. The Labute approximate surface area is 560 Å². The van der Waals surface area contributed by atoms with Gasteiger partial charge in [0.15, 0.2) is 4.84 Å². The van der Waals surface area contributed by atoms with Crippen LogP contribution in [0.4, 0.5) is 29.0 Å². The second-order valence-corrected chi connectivity index (χ2v) is 27.9. The number of hydrogen-bond acceptors (Lipinski definition) is 17. The van der Waals surface area contributed by atoms with E-state index in [-0.39, 0.29) is 64.1 Å². The maximum atomic E-state index is 12.7. The van der Waals surface area contributed by atoms with Gasteiger partial charge in [0, 0.05) is 35.4 Å². The van der Waals surface area contributed by atoms with E-state index in [9.17, 15) is 38.2 Å². The highest BCUT2D eigenvalue weighted by Gasteiger charge is 2.40. The molecule has 3 unspecified atom stereocenters. The van der Waals surface area contributed by atoms with Crippen molar-refractivity contribution >= 4 is 159 Å². The molecule has 3 atom stereocenters. The van der Waals surface area contributed by atoms with E-state index in [1.54, 1.807) is 42.0 Å². The lowest BCUT2D eigenvalue weighted by molar-refractivity contribution is -0.193.